The molecule has 236 valence electrons. The third-order valence-electron chi connectivity index (χ3n) is 7.32. The molecule has 2 aromatic rings. The molecule has 15 heteroatoms. The van der Waals surface area contributed by atoms with E-state index in [0.29, 0.717) is 31.5 Å². The summed E-state index contributed by atoms with van der Waals surface area (Å²) in [6.45, 7) is 6.19. The van der Waals surface area contributed by atoms with E-state index in [1.165, 1.54) is 34.1 Å². The molecular weight excluding hydrogens is 609 g/mol. The van der Waals surface area contributed by atoms with Gasteiger partial charge < -0.3 is 15.1 Å². The molecule has 4 rings (SSSR count). The number of carbonyl (C=O) groups is 2. The van der Waals surface area contributed by atoms with E-state index >= 15 is 0 Å². The van der Waals surface area contributed by atoms with E-state index < -0.39 is 59.0 Å². The molecule has 2 N–H and O–H groups in total. The van der Waals surface area contributed by atoms with E-state index in [0.717, 1.165) is 6.07 Å². The number of nitrogens with zero attached hydrogens (tertiary/aromatic N) is 2. The van der Waals surface area contributed by atoms with Gasteiger partial charge in [-0.05, 0) is 76.8 Å². The van der Waals surface area contributed by atoms with Crippen molar-refractivity contribution in [1.82, 2.24) is 19.8 Å². The molecule has 2 aliphatic heterocycles. The first kappa shape index (κ1) is 32.7. The van der Waals surface area contributed by atoms with E-state index in [4.69, 9.17) is 0 Å². The molecule has 0 bridgehead atoms. The third kappa shape index (κ3) is 7.50. The van der Waals surface area contributed by atoms with Crippen LogP contribution in [0.25, 0.3) is 0 Å². The number of benzene rings is 2. The van der Waals surface area contributed by atoms with Gasteiger partial charge >= 0.3 is 12.2 Å². The second kappa shape index (κ2) is 12.1. The maximum absolute atomic E-state index is 13.9. The summed E-state index contributed by atoms with van der Waals surface area (Å²) in [5.41, 5.74) is -1.98. The predicted molar refractivity (Wildman–Crippen MR) is 151 cm³/mol. The molecule has 2 aliphatic rings. The summed E-state index contributed by atoms with van der Waals surface area (Å²) in [7, 11) is -9.13. The Morgan fingerprint density at radius 3 is 2.07 bits per heavy atom. The Morgan fingerprint density at radius 1 is 0.860 bits per heavy atom. The number of likely N-dealkylation sites (tertiary alicyclic amines) is 2. The Hall–Kier alpha value is -3.17. The average molecular weight is 645 g/mol. The summed E-state index contributed by atoms with van der Waals surface area (Å²) in [6.07, 6.45) is -3.68. The van der Waals surface area contributed by atoms with Crippen LogP contribution in [0.1, 0.15) is 52.0 Å². The summed E-state index contributed by atoms with van der Waals surface area (Å²) in [4.78, 5) is 27.0. The molecule has 1 atom stereocenters. The van der Waals surface area contributed by atoms with Crippen molar-refractivity contribution in [3.8, 4) is 0 Å². The van der Waals surface area contributed by atoms with Crippen LogP contribution in [0.4, 0.5) is 18.0 Å². The number of sulfonamides is 1. The zero-order valence-corrected chi connectivity index (χ0v) is 25.7. The highest BCUT2D eigenvalue weighted by molar-refractivity contribution is 7.91. The van der Waals surface area contributed by atoms with Gasteiger partial charge in [0.05, 0.1) is 20.2 Å². The molecule has 43 heavy (non-hydrogen) atoms. The normalized spacial score (nSPS) is 19.0. The van der Waals surface area contributed by atoms with Gasteiger partial charge in [0, 0.05) is 31.2 Å². The van der Waals surface area contributed by atoms with Gasteiger partial charge in [-0.1, -0.05) is 18.2 Å². The summed E-state index contributed by atoms with van der Waals surface area (Å²) in [5.74, 6) is -0.263. The topological polar surface area (TPSA) is 133 Å². The summed E-state index contributed by atoms with van der Waals surface area (Å²) >= 11 is 0. The Labute approximate surface area is 249 Å². The van der Waals surface area contributed by atoms with E-state index in [9.17, 15) is 39.6 Å². The van der Waals surface area contributed by atoms with Crippen LogP contribution in [0.15, 0.2) is 63.2 Å². The highest BCUT2D eigenvalue weighted by Crippen LogP contribution is 2.36. The number of hydrogen-bond acceptors (Lipinski definition) is 6. The first-order valence-electron chi connectivity index (χ1n) is 13.8. The lowest BCUT2D eigenvalue weighted by Gasteiger charge is -2.36. The molecule has 0 aliphatic carbocycles. The smallest absolute Gasteiger partial charge is 0.341 e. The number of sulfone groups is 1. The molecule has 2 saturated heterocycles. The number of alkyl halides is 3. The molecule has 2 aromatic carbocycles. The van der Waals surface area contributed by atoms with Crippen LogP contribution in [-0.4, -0.2) is 75.8 Å². The quantitative estimate of drug-likeness (QED) is 0.492. The van der Waals surface area contributed by atoms with Crippen LogP contribution in [0.3, 0.4) is 0 Å². The fourth-order valence-corrected chi connectivity index (χ4v) is 8.17. The third-order valence-corrected chi connectivity index (χ3v) is 10.6. The van der Waals surface area contributed by atoms with Gasteiger partial charge in [-0.3, -0.25) is 4.79 Å². The highest BCUT2D eigenvalue weighted by atomic mass is 32.2. The lowest BCUT2D eigenvalue weighted by atomic mass is 10.0. The largest absolute Gasteiger partial charge is 0.417 e. The Bertz CT molecular complexity index is 1570. The maximum atomic E-state index is 13.9. The van der Waals surface area contributed by atoms with Gasteiger partial charge in [0.2, 0.25) is 25.8 Å². The number of nitrogens with one attached hydrogen (secondary N) is 2. The van der Waals surface area contributed by atoms with Crippen molar-refractivity contribution in [2.24, 2.45) is 0 Å². The lowest BCUT2D eigenvalue weighted by Crippen LogP contribution is -2.56. The monoisotopic (exact) mass is 644 g/mol. The molecular formula is C28H35F3N4O6S2. The SMILES string of the molecule is CC(C)(C)NC(=O)N1CCC[C@H]1C(=O)N1CCC(NS(=O)(=O)c2cc(S(=O)(=O)c3ccccc3)ccc2C(F)(F)F)CC1. The van der Waals surface area contributed by atoms with Gasteiger partial charge in [0.15, 0.2) is 0 Å². The minimum absolute atomic E-state index is 0.120. The Balaban J connectivity index is 1.49. The van der Waals surface area contributed by atoms with Crippen LogP contribution in [0.2, 0.25) is 0 Å². The molecule has 2 heterocycles. The maximum Gasteiger partial charge on any atom is 0.417 e. The molecule has 0 radical (unpaired) electrons. The van der Waals surface area contributed by atoms with E-state index in [2.05, 4.69) is 10.0 Å². The Morgan fingerprint density at radius 2 is 1.49 bits per heavy atom. The standard InChI is InChI=1S/C28H35F3N4O6S2/c1-27(2,3)32-26(37)35-15-7-10-23(35)25(36)34-16-13-19(14-17-34)33-43(40,41)24-18-21(11-12-22(24)28(29,30)31)42(38,39)20-8-5-4-6-9-20/h4-6,8-9,11-12,18-19,23,33H,7,10,13-17H2,1-3H3,(H,32,37)/t23-/m0/s1. The van der Waals surface area contributed by atoms with E-state index in [-0.39, 0.29) is 42.8 Å². The molecule has 0 saturated carbocycles. The second-order valence-electron chi connectivity index (χ2n) is 11.7. The molecule has 0 aromatic heterocycles. The van der Waals surface area contributed by atoms with Crippen molar-refractivity contribution in [2.75, 3.05) is 19.6 Å². The number of halogens is 3. The van der Waals surface area contributed by atoms with Crippen molar-refractivity contribution in [3.63, 3.8) is 0 Å². The lowest BCUT2D eigenvalue weighted by molar-refractivity contribution is -0.140. The minimum atomic E-state index is -5.07. The number of carbonyl (C=O) groups excluding carboxylic acids is 2. The zero-order valence-electron chi connectivity index (χ0n) is 24.0. The summed E-state index contributed by atoms with van der Waals surface area (Å²) < 4.78 is 96.6. The minimum Gasteiger partial charge on any atom is -0.341 e. The van der Waals surface area contributed by atoms with Crippen molar-refractivity contribution >= 4 is 31.8 Å². The molecule has 2 fully saturated rings. The number of piperidine rings is 1. The molecule has 10 nitrogen and oxygen atoms in total. The predicted octanol–water partition coefficient (Wildman–Crippen LogP) is 3.78. The highest BCUT2D eigenvalue weighted by Gasteiger charge is 2.41. The van der Waals surface area contributed by atoms with E-state index in [1.807, 2.05) is 20.8 Å². The zero-order chi connectivity index (χ0) is 31.8. The van der Waals surface area contributed by atoms with Crippen molar-refractivity contribution in [1.29, 1.82) is 0 Å². The number of hydrogen-bond donors (Lipinski definition) is 2. The molecule has 3 amide bonds. The average Bonchev–Trinajstić information content (AvgIpc) is 3.42. The number of amides is 3. The Kier molecular flexibility index (Phi) is 9.20. The van der Waals surface area contributed by atoms with Crippen LogP contribution in [0, 0.1) is 0 Å². The van der Waals surface area contributed by atoms with Gasteiger partial charge in [0.25, 0.3) is 0 Å². The number of rotatable bonds is 6. The second-order valence-corrected chi connectivity index (χ2v) is 15.4. The van der Waals surface area contributed by atoms with Gasteiger partial charge in [-0.2, -0.15) is 13.2 Å². The van der Waals surface area contributed by atoms with Crippen molar-refractivity contribution in [2.45, 2.75) is 84.9 Å². The van der Waals surface area contributed by atoms with E-state index in [1.54, 1.807) is 6.07 Å². The first-order chi connectivity index (χ1) is 19.9. The van der Waals surface area contributed by atoms with Crippen LogP contribution in [-0.2, 0) is 30.8 Å². The summed E-state index contributed by atoms with van der Waals surface area (Å²) in [5, 5.41) is 2.86. The van der Waals surface area contributed by atoms with Crippen LogP contribution >= 0.6 is 0 Å². The van der Waals surface area contributed by atoms with Gasteiger partial charge in [-0.25, -0.2) is 26.4 Å². The fraction of sp³-hybridized carbons (Fsp3) is 0.500. The first-order valence-corrected chi connectivity index (χ1v) is 16.8. The van der Waals surface area contributed by atoms with Crippen molar-refractivity contribution < 1.29 is 39.6 Å². The molecule has 0 unspecified atom stereocenters. The summed E-state index contributed by atoms with van der Waals surface area (Å²) in [6, 6.07) is 6.90. The van der Waals surface area contributed by atoms with Crippen molar-refractivity contribution in [3.05, 3.63) is 54.1 Å². The van der Waals surface area contributed by atoms with Crippen LogP contribution < -0.4 is 10.0 Å². The van der Waals surface area contributed by atoms with Gasteiger partial charge in [-0.15, -0.1) is 0 Å². The molecule has 0 spiro atoms. The number of urea groups is 1. The van der Waals surface area contributed by atoms with Gasteiger partial charge in [0.1, 0.15) is 6.04 Å². The fourth-order valence-electron chi connectivity index (χ4n) is 5.23. The van der Waals surface area contributed by atoms with Crippen LogP contribution in [0.5, 0.6) is 0 Å².